The molecule has 2 aromatic heterocycles. The van der Waals surface area contributed by atoms with Gasteiger partial charge in [-0.15, -0.1) is 11.3 Å². The molecule has 1 aliphatic rings. The summed E-state index contributed by atoms with van der Waals surface area (Å²) in [5, 5.41) is 12.3. The second-order valence-corrected chi connectivity index (χ2v) is 12.9. The summed E-state index contributed by atoms with van der Waals surface area (Å²) in [4.78, 5) is 16.5. The van der Waals surface area contributed by atoms with Crippen molar-refractivity contribution in [2.75, 3.05) is 24.7 Å². The number of sulfone groups is 1. The Hall–Kier alpha value is -3.85. The molecule has 0 bridgehead atoms. The highest BCUT2D eigenvalue weighted by atomic mass is 32.2. The number of allylic oxidation sites excluding steroid dienone is 1. The number of likely N-dealkylation sites (tertiary alicyclic amines) is 1. The Kier molecular flexibility index (Phi) is 8.12. The maximum absolute atomic E-state index is 11.7. The molecule has 0 spiro atoms. The Bertz CT molecular complexity index is 1680. The average Bonchev–Trinajstić information content (AvgIpc) is 3.39. The minimum Gasteiger partial charge on any atom is -0.437 e. The van der Waals surface area contributed by atoms with Gasteiger partial charge in [0.15, 0.2) is 15.5 Å². The van der Waals surface area contributed by atoms with E-state index in [1.165, 1.54) is 23.7 Å². The molecule has 0 radical (unpaired) electrons. The van der Waals surface area contributed by atoms with Crippen molar-refractivity contribution >= 4 is 43.5 Å². The number of benzene rings is 2. The van der Waals surface area contributed by atoms with Crippen LogP contribution in [0.1, 0.15) is 35.1 Å². The predicted octanol–water partition coefficient (Wildman–Crippen LogP) is 5.51. The van der Waals surface area contributed by atoms with Crippen LogP contribution in [0.5, 0.6) is 11.6 Å². The highest BCUT2D eigenvalue weighted by Crippen LogP contribution is 2.35. The lowest BCUT2D eigenvalue weighted by atomic mass is 10.0. The first-order valence-electron chi connectivity index (χ1n) is 12.9. The molecular weight excluding hydrogens is 544 g/mol. The molecule has 1 N–H and O–H groups in total. The van der Waals surface area contributed by atoms with Gasteiger partial charge in [-0.3, -0.25) is 4.90 Å². The van der Waals surface area contributed by atoms with E-state index in [0.717, 1.165) is 65.2 Å². The van der Waals surface area contributed by atoms with E-state index in [2.05, 4.69) is 20.2 Å². The van der Waals surface area contributed by atoms with Crippen LogP contribution < -0.4 is 10.1 Å². The lowest BCUT2D eigenvalue weighted by Crippen LogP contribution is -2.39. The van der Waals surface area contributed by atoms with Gasteiger partial charge in [0.2, 0.25) is 11.8 Å². The average molecular weight is 575 g/mol. The van der Waals surface area contributed by atoms with Gasteiger partial charge in [-0.1, -0.05) is 12.1 Å². The summed E-state index contributed by atoms with van der Waals surface area (Å²) in [7, 11) is -3.19. The van der Waals surface area contributed by atoms with Gasteiger partial charge in [0.1, 0.15) is 10.4 Å². The number of nitrogens with zero attached hydrogens (tertiary/aromatic N) is 5. The fraction of sp³-hybridized carbons (Fsp3) is 0.310. The Labute approximate surface area is 238 Å². The Morgan fingerprint density at radius 1 is 1.15 bits per heavy atom. The summed E-state index contributed by atoms with van der Waals surface area (Å²) in [6.45, 7) is 6.53. The molecule has 1 fully saturated rings. The number of ether oxygens (including phenoxy) is 1. The summed E-state index contributed by atoms with van der Waals surface area (Å²) in [6, 6.07) is 13.3. The largest absolute Gasteiger partial charge is 0.437 e. The fourth-order valence-corrected chi connectivity index (χ4v) is 6.14. The molecule has 3 heterocycles. The van der Waals surface area contributed by atoms with Gasteiger partial charge < -0.3 is 10.1 Å². The van der Waals surface area contributed by atoms with Crippen molar-refractivity contribution in [3.05, 3.63) is 70.2 Å². The van der Waals surface area contributed by atoms with E-state index in [4.69, 9.17) is 15.0 Å². The number of piperidine rings is 1. The molecule has 11 heteroatoms. The van der Waals surface area contributed by atoms with Gasteiger partial charge in [-0.25, -0.2) is 13.4 Å². The zero-order valence-corrected chi connectivity index (χ0v) is 24.2. The zero-order chi connectivity index (χ0) is 28.3. The van der Waals surface area contributed by atoms with Crippen LogP contribution in [0.4, 0.5) is 5.95 Å². The van der Waals surface area contributed by atoms with Crippen LogP contribution in [-0.4, -0.2) is 53.7 Å². The first-order valence-corrected chi connectivity index (χ1v) is 15.7. The van der Waals surface area contributed by atoms with E-state index in [1.807, 2.05) is 44.2 Å². The van der Waals surface area contributed by atoms with Gasteiger partial charge >= 0.3 is 0 Å². The number of hydrogen-bond donors (Lipinski definition) is 1. The van der Waals surface area contributed by atoms with Crippen molar-refractivity contribution < 1.29 is 13.2 Å². The molecule has 1 saturated heterocycles. The van der Waals surface area contributed by atoms with Crippen LogP contribution in [0.2, 0.25) is 0 Å². The SMILES string of the molecule is Cc1cc(/C=C/C#N)cc(C)c1Oc1nc(NC2CCN(Cc3ccc(S(C)(=O)=O)cc3)CC2)nc2ncsc12. The third-order valence-electron chi connectivity index (χ3n) is 6.87. The van der Waals surface area contributed by atoms with Crippen LogP contribution in [0, 0.1) is 25.2 Å². The summed E-state index contributed by atoms with van der Waals surface area (Å²) in [5.41, 5.74) is 6.26. The second kappa shape index (κ2) is 11.7. The van der Waals surface area contributed by atoms with E-state index in [-0.39, 0.29) is 6.04 Å². The zero-order valence-electron chi connectivity index (χ0n) is 22.6. The molecule has 0 aliphatic carbocycles. The number of fused-ring (bicyclic) bond motifs is 1. The number of nitriles is 1. The van der Waals surface area contributed by atoms with Gasteiger partial charge in [0, 0.05) is 38.0 Å². The van der Waals surface area contributed by atoms with Crippen molar-refractivity contribution in [2.45, 2.75) is 44.2 Å². The molecule has 5 rings (SSSR count). The summed E-state index contributed by atoms with van der Waals surface area (Å²) >= 11 is 1.44. The van der Waals surface area contributed by atoms with Crippen LogP contribution >= 0.6 is 11.3 Å². The molecule has 0 amide bonds. The maximum Gasteiger partial charge on any atom is 0.243 e. The summed E-state index contributed by atoms with van der Waals surface area (Å²) in [5.74, 6) is 1.69. The summed E-state index contributed by atoms with van der Waals surface area (Å²) < 4.78 is 30.6. The number of rotatable bonds is 8. The normalized spacial score (nSPS) is 14.9. The second-order valence-electron chi connectivity index (χ2n) is 10.0. The molecule has 40 heavy (non-hydrogen) atoms. The maximum atomic E-state index is 11.7. The number of hydrogen-bond acceptors (Lipinski definition) is 10. The lowest BCUT2D eigenvalue weighted by molar-refractivity contribution is 0.211. The minimum absolute atomic E-state index is 0.211. The van der Waals surface area contributed by atoms with Crippen molar-refractivity contribution in [1.29, 1.82) is 5.26 Å². The van der Waals surface area contributed by atoms with Crippen LogP contribution in [0.15, 0.2) is 52.9 Å². The predicted molar refractivity (Wildman–Crippen MR) is 157 cm³/mol. The third-order valence-corrected chi connectivity index (χ3v) is 8.80. The van der Waals surface area contributed by atoms with E-state index in [0.29, 0.717) is 22.4 Å². The van der Waals surface area contributed by atoms with Gasteiger partial charge in [0.05, 0.1) is 16.5 Å². The minimum atomic E-state index is -3.19. The van der Waals surface area contributed by atoms with Crippen molar-refractivity contribution in [3.8, 4) is 17.7 Å². The highest BCUT2D eigenvalue weighted by molar-refractivity contribution is 7.90. The quantitative estimate of drug-likeness (QED) is 0.271. The van der Waals surface area contributed by atoms with Crippen LogP contribution in [-0.2, 0) is 16.4 Å². The topological polar surface area (TPSA) is 121 Å². The van der Waals surface area contributed by atoms with E-state index in [1.54, 1.807) is 23.7 Å². The van der Waals surface area contributed by atoms with E-state index < -0.39 is 9.84 Å². The fourth-order valence-electron chi connectivity index (χ4n) is 4.86. The number of anilines is 1. The molecule has 0 atom stereocenters. The van der Waals surface area contributed by atoms with Crippen LogP contribution in [0.3, 0.4) is 0 Å². The Morgan fingerprint density at radius 3 is 2.50 bits per heavy atom. The van der Waals surface area contributed by atoms with E-state index >= 15 is 0 Å². The standard InChI is InChI=1S/C29H30N6O3S2/c1-19-15-22(5-4-12-30)16-20(2)25(19)38-28-26-27(31-18-39-26)33-29(34-28)32-23-10-13-35(14-11-23)17-21-6-8-24(9-7-21)40(3,36)37/h4-9,15-16,18,23H,10-11,13-14,17H2,1-3H3,(H,32,33,34)/b5-4+. The lowest BCUT2D eigenvalue weighted by Gasteiger charge is -2.32. The Balaban J connectivity index is 1.26. The Morgan fingerprint density at radius 2 is 1.85 bits per heavy atom. The molecular formula is C29H30N6O3S2. The van der Waals surface area contributed by atoms with Crippen LogP contribution in [0.25, 0.3) is 16.4 Å². The first kappa shape index (κ1) is 27.7. The van der Waals surface area contributed by atoms with Gasteiger partial charge in [0.25, 0.3) is 0 Å². The van der Waals surface area contributed by atoms with Gasteiger partial charge in [-0.2, -0.15) is 15.2 Å². The smallest absolute Gasteiger partial charge is 0.243 e. The number of thiazole rings is 1. The van der Waals surface area contributed by atoms with Crippen molar-refractivity contribution in [1.82, 2.24) is 19.9 Å². The molecule has 1 aliphatic heterocycles. The molecule has 206 valence electrons. The number of aromatic nitrogens is 3. The first-order chi connectivity index (χ1) is 19.2. The molecule has 4 aromatic rings. The van der Waals surface area contributed by atoms with Crippen molar-refractivity contribution in [3.63, 3.8) is 0 Å². The molecule has 0 saturated carbocycles. The molecule has 0 unspecified atom stereocenters. The molecule has 2 aromatic carbocycles. The summed E-state index contributed by atoms with van der Waals surface area (Å²) in [6.07, 6.45) is 6.30. The number of aryl methyl sites for hydroxylation is 2. The number of nitrogens with one attached hydrogen (secondary N) is 1. The van der Waals surface area contributed by atoms with Crippen molar-refractivity contribution in [2.24, 2.45) is 0 Å². The van der Waals surface area contributed by atoms with Gasteiger partial charge in [-0.05, 0) is 79.3 Å². The highest BCUT2D eigenvalue weighted by Gasteiger charge is 2.22. The van der Waals surface area contributed by atoms with E-state index in [9.17, 15) is 8.42 Å². The molecule has 9 nitrogen and oxygen atoms in total. The monoisotopic (exact) mass is 574 g/mol. The third kappa shape index (κ3) is 6.47.